The molecule has 0 bridgehead atoms. The molecule has 0 aliphatic heterocycles. The van der Waals surface area contributed by atoms with E-state index < -0.39 is 12.9 Å². The van der Waals surface area contributed by atoms with E-state index in [1.807, 2.05) is 0 Å². The van der Waals surface area contributed by atoms with Crippen molar-refractivity contribution in [2.75, 3.05) is 5.88 Å². The van der Waals surface area contributed by atoms with Crippen molar-refractivity contribution >= 4 is 35.7 Å². The molecule has 0 aromatic heterocycles. The molecular formula is C8H9BClFN2O2. The summed E-state index contributed by atoms with van der Waals surface area (Å²) in [5.41, 5.74) is 5.43. The molecule has 0 atom stereocenters. The average Bonchev–Trinajstić information content (AvgIpc) is 2.20. The molecule has 0 unspecified atom stereocenters. The van der Waals surface area contributed by atoms with Gasteiger partial charge < -0.3 is 15.8 Å². The van der Waals surface area contributed by atoms with Gasteiger partial charge in [0.15, 0.2) is 0 Å². The molecule has 0 fully saturated rings. The Labute approximate surface area is 91.3 Å². The number of hydrogen-bond acceptors (Lipinski definition) is 3. The summed E-state index contributed by atoms with van der Waals surface area (Å²) >= 11 is 5.41. The molecule has 1 rings (SSSR count). The fourth-order valence-electron chi connectivity index (χ4n) is 0.994. The zero-order valence-electron chi connectivity index (χ0n) is 7.69. The van der Waals surface area contributed by atoms with Crippen molar-refractivity contribution in [2.45, 2.75) is 0 Å². The van der Waals surface area contributed by atoms with Gasteiger partial charge in [-0.1, -0.05) is 0 Å². The van der Waals surface area contributed by atoms with Crippen LogP contribution in [0.2, 0.25) is 0 Å². The minimum atomic E-state index is -1.88. The quantitative estimate of drug-likeness (QED) is 0.289. The Bertz CT molecular complexity index is 387. The Morgan fingerprint density at radius 3 is 2.73 bits per heavy atom. The van der Waals surface area contributed by atoms with Crippen molar-refractivity contribution in [1.82, 2.24) is 0 Å². The van der Waals surface area contributed by atoms with Gasteiger partial charge in [0.25, 0.3) is 0 Å². The van der Waals surface area contributed by atoms with Crippen molar-refractivity contribution in [2.24, 2.45) is 10.7 Å². The first-order valence-electron chi connectivity index (χ1n) is 4.09. The first-order chi connectivity index (χ1) is 7.04. The molecule has 15 heavy (non-hydrogen) atoms. The maximum Gasteiger partial charge on any atom is 0.491 e. The van der Waals surface area contributed by atoms with Crippen LogP contribution in [-0.2, 0) is 0 Å². The van der Waals surface area contributed by atoms with Crippen LogP contribution in [0, 0.1) is 5.82 Å². The van der Waals surface area contributed by atoms with Gasteiger partial charge in [0, 0.05) is 5.46 Å². The van der Waals surface area contributed by atoms with E-state index in [0.29, 0.717) is 5.69 Å². The zero-order valence-corrected chi connectivity index (χ0v) is 8.45. The molecule has 0 aliphatic carbocycles. The maximum atomic E-state index is 13.0. The average molecular weight is 230 g/mol. The number of hydrogen-bond donors (Lipinski definition) is 3. The highest BCUT2D eigenvalue weighted by molar-refractivity contribution is 6.58. The van der Waals surface area contributed by atoms with Gasteiger partial charge in [0.1, 0.15) is 11.7 Å². The number of alkyl halides is 1. The lowest BCUT2D eigenvalue weighted by Crippen LogP contribution is -2.32. The van der Waals surface area contributed by atoms with E-state index in [1.54, 1.807) is 0 Å². The third-order valence-corrected chi connectivity index (χ3v) is 1.94. The first-order valence-corrected chi connectivity index (χ1v) is 4.62. The van der Waals surface area contributed by atoms with Crippen molar-refractivity contribution in [3.05, 3.63) is 24.0 Å². The summed E-state index contributed by atoms with van der Waals surface area (Å²) in [6.07, 6.45) is 0. The molecule has 0 aliphatic rings. The molecule has 4 nitrogen and oxygen atoms in total. The molecule has 0 radical (unpaired) electrons. The lowest BCUT2D eigenvalue weighted by atomic mass is 9.80. The SMILES string of the molecule is NC(CCl)=Nc1ccc(F)c(B(O)O)c1. The van der Waals surface area contributed by atoms with Crippen LogP contribution in [-0.4, -0.2) is 28.9 Å². The van der Waals surface area contributed by atoms with Crippen molar-refractivity contribution in [3.8, 4) is 0 Å². The third-order valence-electron chi connectivity index (χ3n) is 1.67. The van der Waals surface area contributed by atoms with E-state index in [-0.39, 0.29) is 17.2 Å². The summed E-state index contributed by atoms with van der Waals surface area (Å²) in [5, 5.41) is 17.7. The van der Waals surface area contributed by atoms with Crippen LogP contribution in [0.15, 0.2) is 23.2 Å². The Hall–Kier alpha value is -1.11. The van der Waals surface area contributed by atoms with E-state index >= 15 is 0 Å². The maximum absolute atomic E-state index is 13.0. The number of amidine groups is 1. The monoisotopic (exact) mass is 230 g/mol. The molecule has 4 N–H and O–H groups in total. The van der Waals surface area contributed by atoms with Crippen LogP contribution in [0.5, 0.6) is 0 Å². The van der Waals surface area contributed by atoms with Gasteiger partial charge in [-0.2, -0.15) is 0 Å². The van der Waals surface area contributed by atoms with Crippen LogP contribution < -0.4 is 11.2 Å². The fraction of sp³-hybridized carbons (Fsp3) is 0.125. The topological polar surface area (TPSA) is 78.8 Å². The molecule has 0 saturated carbocycles. The summed E-state index contributed by atoms with van der Waals surface area (Å²) in [6, 6.07) is 3.63. The van der Waals surface area contributed by atoms with Crippen LogP contribution in [0.4, 0.5) is 10.1 Å². The van der Waals surface area contributed by atoms with Crippen LogP contribution in [0.1, 0.15) is 0 Å². The highest BCUT2D eigenvalue weighted by Crippen LogP contribution is 2.11. The Morgan fingerprint density at radius 1 is 1.53 bits per heavy atom. The van der Waals surface area contributed by atoms with Gasteiger partial charge >= 0.3 is 7.12 Å². The van der Waals surface area contributed by atoms with Crippen LogP contribution >= 0.6 is 11.6 Å². The number of aliphatic imine (C=N–C) groups is 1. The molecule has 0 amide bonds. The molecule has 1 aromatic rings. The van der Waals surface area contributed by atoms with Crippen molar-refractivity contribution < 1.29 is 14.4 Å². The predicted molar refractivity (Wildman–Crippen MR) is 58.2 cm³/mol. The molecular weight excluding hydrogens is 221 g/mol. The van der Waals surface area contributed by atoms with E-state index in [1.165, 1.54) is 12.1 Å². The van der Waals surface area contributed by atoms with Gasteiger partial charge in [0.05, 0.1) is 11.6 Å². The second-order valence-electron chi connectivity index (χ2n) is 2.82. The largest absolute Gasteiger partial charge is 0.491 e. The summed E-state index contributed by atoms with van der Waals surface area (Å²) in [4.78, 5) is 3.84. The Morgan fingerprint density at radius 2 is 2.20 bits per heavy atom. The number of benzene rings is 1. The summed E-state index contributed by atoms with van der Waals surface area (Å²) < 4.78 is 13.0. The lowest BCUT2D eigenvalue weighted by molar-refractivity contribution is 0.423. The molecule has 0 saturated heterocycles. The smallest absolute Gasteiger partial charge is 0.423 e. The van der Waals surface area contributed by atoms with Gasteiger partial charge in [0.2, 0.25) is 0 Å². The van der Waals surface area contributed by atoms with Gasteiger partial charge in [-0.15, -0.1) is 11.6 Å². The highest BCUT2D eigenvalue weighted by atomic mass is 35.5. The minimum absolute atomic E-state index is 0.0500. The summed E-state index contributed by atoms with van der Waals surface area (Å²) in [5.74, 6) is -0.496. The minimum Gasteiger partial charge on any atom is -0.423 e. The van der Waals surface area contributed by atoms with Crippen molar-refractivity contribution in [3.63, 3.8) is 0 Å². The zero-order chi connectivity index (χ0) is 11.4. The number of rotatable bonds is 3. The molecule has 0 heterocycles. The summed E-state index contributed by atoms with van der Waals surface area (Å²) in [7, 11) is -1.88. The molecule has 80 valence electrons. The molecule has 0 spiro atoms. The van der Waals surface area contributed by atoms with E-state index in [4.69, 9.17) is 27.4 Å². The Kier molecular flexibility index (Phi) is 4.08. The van der Waals surface area contributed by atoms with E-state index in [0.717, 1.165) is 6.07 Å². The van der Waals surface area contributed by atoms with E-state index in [9.17, 15) is 4.39 Å². The second kappa shape index (κ2) is 5.11. The van der Waals surface area contributed by atoms with Crippen molar-refractivity contribution in [1.29, 1.82) is 0 Å². The number of nitrogens with two attached hydrogens (primary N) is 1. The Balaban J connectivity index is 3.08. The first kappa shape index (κ1) is 12.0. The molecule has 7 heteroatoms. The normalized spacial score (nSPS) is 11.6. The van der Waals surface area contributed by atoms with Crippen LogP contribution in [0.3, 0.4) is 0 Å². The molecule has 1 aromatic carbocycles. The number of nitrogens with zero attached hydrogens (tertiary/aromatic N) is 1. The predicted octanol–water partition coefficient (Wildman–Crippen LogP) is -0.267. The second-order valence-corrected chi connectivity index (χ2v) is 3.08. The summed E-state index contributed by atoms with van der Waals surface area (Å²) in [6.45, 7) is 0. The van der Waals surface area contributed by atoms with Gasteiger partial charge in [-0.05, 0) is 18.2 Å². The van der Waals surface area contributed by atoms with E-state index in [2.05, 4.69) is 4.99 Å². The standard InChI is InChI=1S/C8H9BClFN2O2/c10-4-8(12)13-5-1-2-7(11)6(3-5)9(14)15/h1-3,14-15H,4H2,(H2,12,13). The van der Waals surface area contributed by atoms with Crippen LogP contribution in [0.25, 0.3) is 0 Å². The number of halogens is 2. The fourth-order valence-corrected chi connectivity index (χ4v) is 1.05. The lowest BCUT2D eigenvalue weighted by Gasteiger charge is -2.03. The van der Waals surface area contributed by atoms with Gasteiger partial charge in [-0.3, -0.25) is 0 Å². The third kappa shape index (κ3) is 3.19. The highest BCUT2D eigenvalue weighted by Gasteiger charge is 2.16. The van der Waals surface area contributed by atoms with Gasteiger partial charge in [-0.25, -0.2) is 9.38 Å².